The van der Waals surface area contributed by atoms with Crippen LogP contribution in [0.15, 0.2) is 60.7 Å². The molecule has 1 aliphatic rings. The van der Waals surface area contributed by atoms with Crippen LogP contribution in [0.5, 0.6) is 11.5 Å². The van der Waals surface area contributed by atoms with E-state index >= 15 is 0 Å². The van der Waals surface area contributed by atoms with E-state index < -0.39 is 22.7 Å². The summed E-state index contributed by atoms with van der Waals surface area (Å²) >= 11 is 0. The number of nitrogens with one attached hydrogen (secondary N) is 1. The number of fused-ring (bicyclic) bond motifs is 3. The van der Waals surface area contributed by atoms with Gasteiger partial charge in [-0.3, -0.25) is 9.52 Å². The first-order chi connectivity index (χ1) is 18.6. The average Bonchev–Trinajstić information content (AvgIpc) is 2.87. The molecule has 1 aliphatic heterocycles. The smallest absolute Gasteiger partial charge is 0.387 e. The highest BCUT2D eigenvalue weighted by Gasteiger charge is 2.31. The second-order valence-corrected chi connectivity index (χ2v) is 11.2. The quantitative estimate of drug-likeness (QED) is 0.276. The molecule has 2 atom stereocenters. The van der Waals surface area contributed by atoms with Crippen molar-refractivity contribution in [2.24, 2.45) is 5.92 Å². The molecule has 0 saturated heterocycles. The van der Waals surface area contributed by atoms with Crippen molar-refractivity contribution in [3.8, 4) is 22.6 Å². The van der Waals surface area contributed by atoms with Crippen LogP contribution in [0.1, 0.15) is 49.5 Å². The minimum atomic E-state index is -3.55. The lowest BCUT2D eigenvalue weighted by Crippen LogP contribution is -2.18. The predicted octanol–water partition coefficient (Wildman–Crippen LogP) is 6.33. The van der Waals surface area contributed by atoms with Crippen molar-refractivity contribution in [3.63, 3.8) is 0 Å². The summed E-state index contributed by atoms with van der Waals surface area (Å²) in [5.41, 5.74) is 3.76. The number of sulfonamides is 1. The molecular formula is C29H31F2NO6S. The van der Waals surface area contributed by atoms with Crippen LogP contribution in [0.25, 0.3) is 11.1 Å². The van der Waals surface area contributed by atoms with Gasteiger partial charge in [0.25, 0.3) is 0 Å². The molecule has 10 heteroatoms. The maximum atomic E-state index is 13.2. The van der Waals surface area contributed by atoms with E-state index in [9.17, 15) is 22.0 Å². The Hall–Kier alpha value is -3.66. The van der Waals surface area contributed by atoms with Crippen LogP contribution >= 0.6 is 0 Å². The lowest BCUT2D eigenvalue weighted by atomic mass is 9.88. The van der Waals surface area contributed by atoms with Crippen molar-refractivity contribution in [1.29, 1.82) is 0 Å². The van der Waals surface area contributed by atoms with E-state index in [2.05, 4.69) is 4.72 Å². The first-order valence-corrected chi connectivity index (χ1v) is 14.6. The lowest BCUT2D eigenvalue weighted by Gasteiger charge is -2.31. The number of halogens is 2. The van der Waals surface area contributed by atoms with E-state index in [1.165, 1.54) is 6.07 Å². The van der Waals surface area contributed by atoms with E-state index in [0.717, 1.165) is 30.2 Å². The molecule has 39 heavy (non-hydrogen) atoms. The Balaban J connectivity index is 1.67. The minimum Gasteiger partial charge on any atom is -0.480 e. The summed E-state index contributed by atoms with van der Waals surface area (Å²) < 4.78 is 68.8. The van der Waals surface area contributed by atoms with Crippen molar-refractivity contribution in [2.45, 2.75) is 45.8 Å². The molecule has 7 nitrogen and oxygen atoms in total. The highest BCUT2D eigenvalue weighted by Crippen LogP contribution is 2.50. The van der Waals surface area contributed by atoms with Gasteiger partial charge in [0.05, 0.1) is 24.3 Å². The van der Waals surface area contributed by atoms with Gasteiger partial charge in [0.1, 0.15) is 17.6 Å². The third-order valence-electron chi connectivity index (χ3n) is 6.40. The van der Waals surface area contributed by atoms with E-state index in [-0.39, 0.29) is 17.6 Å². The SMILES string of the molecule is CCOC(=O)C(C)CCCc1cccc(C2Oc3cccc(OC(F)F)c3-c3ccc(NS(C)(=O)=O)cc32)c1. The van der Waals surface area contributed by atoms with E-state index in [1.807, 2.05) is 31.2 Å². The highest BCUT2D eigenvalue weighted by atomic mass is 32.2. The molecule has 0 bridgehead atoms. The van der Waals surface area contributed by atoms with Crippen LogP contribution in [0, 0.1) is 5.92 Å². The number of esters is 1. The third-order valence-corrected chi connectivity index (χ3v) is 7.01. The molecule has 208 valence electrons. The molecule has 0 aliphatic carbocycles. The average molecular weight is 560 g/mol. The maximum absolute atomic E-state index is 13.2. The molecule has 1 N–H and O–H groups in total. The Morgan fingerprint density at radius 1 is 1.10 bits per heavy atom. The number of aryl methyl sites for hydroxylation is 1. The zero-order valence-electron chi connectivity index (χ0n) is 21.9. The summed E-state index contributed by atoms with van der Waals surface area (Å²) in [6.07, 6.45) is 2.62. The van der Waals surface area contributed by atoms with Gasteiger partial charge in [-0.1, -0.05) is 43.3 Å². The molecule has 2 unspecified atom stereocenters. The van der Waals surface area contributed by atoms with E-state index in [0.29, 0.717) is 41.2 Å². The van der Waals surface area contributed by atoms with Crippen molar-refractivity contribution in [1.82, 2.24) is 0 Å². The summed E-state index contributed by atoms with van der Waals surface area (Å²) in [5.74, 6) is -0.0481. The fourth-order valence-corrected chi connectivity index (χ4v) is 5.27. The van der Waals surface area contributed by atoms with Crippen LogP contribution in [-0.4, -0.2) is 33.9 Å². The summed E-state index contributed by atoms with van der Waals surface area (Å²) in [4.78, 5) is 11.9. The van der Waals surface area contributed by atoms with Crippen LogP contribution in [0.2, 0.25) is 0 Å². The molecule has 0 aromatic heterocycles. The molecule has 1 heterocycles. The number of hydrogen-bond acceptors (Lipinski definition) is 6. The van der Waals surface area contributed by atoms with Crippen molar-refractivity contribution in [3.05, 3.63) is 77.4 Å². The van der Waals surface area contributed by atoms with Crippen molar-refractivity contribution < 1.29 is 36.2 Å². The summed E-state index contributed by atoms with van der Waals surface area (Å²) in [6, 6.07) is 17.4. The lowest BCUT2D eigenvalue weighted by molar-refractivity contribution is -0.147. The summed E-state index contributed by atoms with van der Waals surface area (Å²) in [6.45, 7) is 0.973. The number of carbonyl (C=O) groups excluding carboxylic acids is 1. The minimum absolute atomic E-state index is 0.0320. The van der Waals surface area contributed by atoms with Crippen LogP contribution < -0.4 is 14.2 Å². The van der Waals surface area contributed by atoms with Crippen molar-refractivity contribution >= 4 is 21.7 Å². The molecule has 3 aromatic carbocycles. The molecule has 0 amide bonds. The molecule has 0 radical (unpaired) electrons. The van der Waals surface area contributed by atoms with Gasteiger partial charge in [-0.25, -0.2) is 8.42 Å². The number of ether oxygens (including phenoxy) is 3. The van der Waals surface area contributed by atoms with Crippen LogP contribution in [0.4, 0.5) is 14.5 Å². The normalized spacial score (nSPS) is 15.1. The van der Waals surface area contributed by atoms with Gasteiger partial charge >= 0.3 is 12.6 Å². The standard InChI is InChI=1S/C29H31F2NO6S/c1-4-36-28(33)18(2)8-5-9-19-10-6-11-20(16-19)27-23-17-21(32-39(3,34)35)14-15-22(23)26-24(37-27)12-7-13-25(26)38-29(30)31/h6-7,10-18,27,29,32H,4-5,8-9H2,1-3H3. The second kappa shape index (κ2) is 12.0. The molecule has 0 saturated carbocycles. The number of rotatable bonds is 11. The Morgan fingerprint density at radius 3 is 2.59 bits per heavy atom. The third kappa shape index (κ3) is 7.06. The van der Waals surface area contributed by atoms with Crippen LogP contribution in [-0.2, 0) is 26.0 Å². The first kappa shape index (κ1) is 28.4. The van der Waals surface area contributed by atoms with Gasteiger partial charge in [0, 0.05) is 11.3 Å². The van der Waals surface area contributed by atoms with Gasteiger partial charge in [-0.15, -0.1) is 0 Å². The number of carbonyl (C=O) groups is 1. The molecule has 3 aromatic rings. The van der Waals surface area contributed by atoms with Crippen LogP contribution in [0.3, 0.4) is 0 Å². The Bertz CT molecular complexity index is 1440. The molecule has 0 fully saturated rings. The van der Waals surface area contributed by atoms with Gasteiger partial charge in [0.15, 0.2) is 0 Å². The van der Waals surface area contributed by atoms with Gasteiger partial charge in [0.2, 0.25) is 10.0 Å². The van der Waals surface area contributed by atoms with Gasteiger partial charge < -0.3 is 14.2 Å². The fourth-order valence-electron chi connectivity index (χ4n) is 4.72. The number of anilines is 1. The Morgan fingerprint density at radius 2 is 1.87 bits per heavy atom. The number of hydrogen-bond donors (Lipinski definition) is 1. The molecule has 0 spiro atoms. The predicted molar refractivity (Wildman–Crippen MR) is 145 cm³/mol. The van der Waals surface area contributed by atoms with E-state index in [4.69, 9.17) is 14.2 Å². The first-order valence-electron chi connectivity index (χ1n) is 12.7. The second-order valence-electron chi connectivity index (χ2n) is 9.47. The monoisotopic (exact) mass is 559 g/mol. The number of benzene rings is 3. The maximum Gasteiger partial charge on any atom is 0.387 e. The topological polar surface area (TPSA) is 90.9 Å². The molecule has 4 rings (SSSR count). The summed E-state index contributed by atoms with van der Waals surface area (Å²) in [5, 5.41) is 0. The fraction of sp³-hybridized carbons (Fsp3) is 0.345. The Labute approximate surface area is 227 Å². The van der Waals surface area contributed by atoms with E-state index in [1.54, 1.807) is 37.3 Å². The highest BCUT2D eigenvalue weighted by molar-refractivity contribution is 7.92. The summed E-state index contributed by atoms with van der Waals surface area (Å²) in [7, 11) is -3.55. The molecular weight excluding hydrogens is 528 g/mol. The zero-order valence-corrected chi connectivity index (χ0v) is 22.8. The number of alkyl halides is 2. The Kier molecular flexibility index (Phi) is 8.74. The van der Waals surface area contributed by atoms with Gasteiger partial charge in [-0.2, -0.15) is 8.78 Å². The van der Waals surface area contributed by atoms with Crippen molar-refractivity contribution in [2.75, 3.05) is 17.6 Å². The zero-order chi connectivity index (χ0) is 28.2. The van der Waals surface area contributed by atoms with Gasteiger partial charge in [-0.05, 0) is 67.1 Å². The largest absolute Gasteiger partial charge is 0.480 e.